The molecule has 1 aliphatic carbocycles. The van der Waals surface area contributed by atoms with Gasteiger partial charge < -0.3 is 9.67 Å². The van der Waals surface area contributed by atoms with Crippen molar-refractivity contribution in [1.29, 1.82) is 0 Å². The van der Waals surface area contributed by atoms with E-state index in [-0.39, 0.29) is 0 Å². The van der Waals surface area contributed by atoms with E-state index in [1.807, 2.05) is 6.92 Å². The molecule has 23 heavy (non-hydrogen) atoms. The average Bonchev–Trinajstić information content (AvgIpc) is 2.85. The Kier molecular flexibility index (Phi) is 3.40. The highest BCUT2D eigenvalue weighted by atomic mass is 16.3. The zero-order chi connectivity index (χ0) is 16.2. The fraction of sp³-hybridized carbons (Fsp3) is 0.500. The molecule has 0 fully saturated rings. The molecular weight excluding hydrogens is 284 g/mol. The molecule has 4 rings (SSSR count). The molecule has 0 spiro atoms. The Bertz CT molecular complexity index is 784. The van der Waals surface area contributed by atoms with Gasteiger partial charge in [-0.3, -0.25) is 4.90 Å². The molecular formula is C20H26N2O. The number of aryl methyl sites for hydroxylation is 1. The summed E-state index contributed by atoms with van der Waals surface area (Å²) in [5.41, 5.74) is 4.68. The normalized spacial score (nSPS) is 27.1. The number of unbranched alkanes of at least 4 members (excludes halogenated alkanes) is 1. The number of likely N-dealkylation sites (N-methyl/N-ethyl adjacent to an activating group) is 1. The number of benzene rings is 1. The van der Waals surface area contributed by atoms with Crippen LogP contribution in [0.4, 0.5) is 0 Å². The molecule has 0 saturated carbocycles. The summed E-state index contributed by atoms with van der Waals surface area (Å²) in [7, 11) is 2.13. The van der Waals surface area contributed by atoms with E-state index < -0.39 is 5.60 Å². The third-order valence-corrected chi connectivity index (χ3v) is 5.39. The highest BCUT2D eigenvalue weighted by Crippen LogP contribution is 2.42. The van der Waals surface area contributed by atoms with Crippen molar-refractivity contribution in [2.75, 3.05) is 13.6 Å². The van der Waals surface area contributed by atoms with Crippen molar-refractivity contribution in [2.45, 2.75) is 51.3 Å². The third kappa shape index (κ3) is 2.34. The van der Waals surface area contributed by atoms with Crippen LogP contribution in [0, 0.1) is 0 Å². The average molecular weight is 310 g/mol. The van der Waals surface area contributed by atoms with E-state index in [1.165, 1.54) is 40.4 Å². The summed E-state index contributed by atoms with van der Waals surface area (Å²) in [6.45, 7) is 5.94. The zero-order valence-corrected chi connectivity index (χ0v) is 14.3. The molecule has 2 aliphatic rings. The van der Waals surface area contributed by atoms with Crippen LogP contribution < -0.4 is 0 Å². The second-order valence-electron chi connectivity index (χ2n) is 7.49. The van der Waals surface area contributed by atoms with Crippen LogP contribution in [-0.2, 0) is 13.0 Å². The molecule has 3 nitrogen and oxygen atoms in total. The molecule has 1 aliphatic heterocycles. The summed E-state index contributed by atoms with van der Waals surface area (Å²) in [5.74, 6) is 0. The number of nitrogens with zero attached hydrogens (tertiary/aromatic N) is 2. The number of aliphatic hydroxyl groups is 1. The molecule has 0 amide bonds. The molecule has 2 unspecified atom stereocenters. The van der Waals surface area contributed by atoms with E-state index in [0.717, 1.165) is 13.0 Å². The third-order valence-electron chi connectivity index (χ3n) is 5.39. The van der Waals surface area contributed by atoms with E-state index in [9.17, 15) is 5.11 Å². The van der Waals surface area contributed by atoms with Crippen LogP contribution in [0.1, 0.15) is 37.8 Å². The quantitative estimate of drug-likeness (QED) is 0.940. The lowest BCUT2D eigenvalue weighted by molar-refractivity contribution is 0.0543. The van der Waals surface area contributed by atoms with Gasteiger partial charge >= 0.3 is 0 Å². The number of aromatic nitrogens is 1. The predicted octanol–water partition coefficient (Wildman–Crippen LogP) is 3.45. The SMILES string of the molecule is CCCCn1cc2c3c(cccc31)C1=CC(C)(O)CN(C)C1C2. The summed E-state index contributed by atoms with van der Waals surface area (Å²) in [6.07, 6.45) is 7.94. The minimum Gasteiger partial charge on any atom is -0.385 e. The molecule has 2 atom stereocenters. The zero-order valence-electron chi connectivity index (χ0n) is 14.3. The van der Waals surface area contributed by atoms with E-state index in [0.29, 0.717) is 12.6 Å². The second kappa shape index (κ2) is 5.22. The smallest absolute Gasteiger partial charge is 0.0932 e. The lowest BCUT2D eigenvalue weighted by Crippen LogP contribution is -2.49. The largest absolute Gasteiger partial charge is 0.385 e. The summed E-state index contributed by atoms with van der Waals surface area (Å²) < 4.78 is 2.42. The highest BCUT2D eigenvalue weighted by Gasteiger charge is 2.37. The molecule has 0 radical (unpaired) electrons. The van der Waals surface area contributed by atoms with E-state index in [4.69, 9.17) is 0 Å². The highest BCUT2D eigenvalue weighted by molar-refractivity contribution is 5.98. The first-order valence-corrected chi connectivity index (χ1v) is 8.76. The fourth-order valence-electron chi connectivity index (χ4n) is 4.41. The molecule has 2 aromatic rings. The maximum absolute atomic E-state index is 10.6. The molecule has 0 bridgehead atoms. The van der Waals surface area contributed by atoms with Gasteiger partial charge in [-0.1, -0.05) is 25.5 Å². The minimum atomic E-state index is -0.745. The van der Waals surface area contributed by atoms with E-state index in [1.54, 1.807) is 0 Å². The fourth-order valence-corrected chi connectivity index (χ4v) is 4.41. The Morgan fingerprint density at radius 2 is 2.17 bits per heavy atom. The summed E-state index contributed by atoms with van der Waals surface area (Å²) in [6, 6.07) is 7.01. The van der Waals surface area contributed by atoms with Gasteiger partial charge in [-0.15, -0.1) is 0 Å². The topological polar surface area (TPSA) is 28.4 Å². The van der Waals surface area contributed by atoms with E-state index >= 15 is 0 Å². The van der Waals surface area contributed by atoms with Crippen LogP contribution in [0.3, 0.4) is 0 Å². The van der Waals surface area contributed by atoms with Crippen molar-refractivity contribution >= 4 is 16.5 Å². The molecule has 2 heterocycles. The summed E-state index contributed by atoms with van der Waals surface area (Å²) >= 11 is 0. The summed E-state index contributed by atoms with van der Waals surface area (Å²) in [4.78, 5) is 2.31. The molecule has 0 saturated heterocycles. The Hall–Kier alpha value is -1.58. The maximum Gasteiger partial charge on any atom is 0.0932 e. The van der Waals surface area contributed by atoms with Crippen molar-refractivity contribution in [3.8, 4) is 0 Å². The van der Waals surface area contributed by atoms with E-state index in [2.05, 4.69) is 53.9 Å². The first-order valence-electron chi connectivity index (χ1n) is 8.76. The number of β-amino-alcohol motifs (C(OH)–C–C–N with tert-alkyl or cyclic N) is 1. The minimum absolute atomic E-state index is 0.385. The van der Waals surface area contributed by atoms with Crippen LogP contribution in [0.15, 0.2) is 30.5 Å². The van der Waals surface area contributed by atoms with Crippen molar-refractivity contribution in [1.82, 2.24) is 9.47 Å². The lowest BCUT2D eigenvalue weighted by atomic mass is 9.79. The van der Waals surface area contributed by atoms with Crippen molar-refractivity contribution < 1.29 is 5.11 Å². The standard InChI is InChI=1S/C20H26N2O/c1-4-5-9-22-12-14-10-18-16(11-20(2,23)13-21(18)3)15-7-6-8-17(22)19(14)15/h6-8,11-12,18,23H,4-5,9-10,13H2,1-3H3. The Morgan fingerprint density at radius 3 is 2.96 bits per heavy atom. The van der Waals surface area contributed by atoms with Gasteiger partial charge in [0.15, 0.2) is 0 Å². The first-order chi connectivity index (χ1) is 11.0. The maximum atomic E-state index is 10.6. The van der Waals surface area contributed by atoms with Gasteiger partial charge in [-0.25, -0.2) is 0 Å². The summed E-state index contributed by atoms with van der Waals surface area (Å²) in [5, 5.41) is 12.0. The van der Waals surface area contributed by atoms with Gasteiger partial charge in [-0.2, -0.15) is 0 Å². The van der Waals surface area contributed by atoms with Gasteiger partial charge in [0.2, 0.25) is 0 Å². The predicted molar refractivity (Wildman–Crippen MR) is 95.6 cm³/mol. The van der Waals surface area contributed by atoms with Crippen molar-refractivity contribution in [2.24, 2.45) is 0 Å². The van der Waals surface area contributed by atoms with Crippen LogP contribution in [-0.4, -0.2) is 39.8 Å². The van der Waals surface area contributed by atoms with Gasteiger partial charge in [0, 0.05) is 36.2 Å². The number of fused-ring (bicyclic) bond motifs is 2. The second-order valence-corrected chi connectivity index (χ2v) is 7.49. The molecule has 1 aromatic carbocycles. The van der Waals surface area contributed by atoms with Gasteiger partial charge in [0.25, 0.3) is 0 Å². The lowest BCUT2D eigenvalue weighted by Gasteiger charge is -2.42. The van der Waals surface area contributed by atoms with Gasteiger partial charge in [-0.05, 0) is 55.7 Å². The van der Waals surface area contributed by atoms with Crippen LogP contribution in [0.2, 0.25) is 0 Å². The van der Waals surface area contributed by atoms with Crippen molar-refractivity contribution in [3.63, 3.8) is 0 Å². The van der Waals surface area contributed by atoms with Gasteiger partial charge in [0.05, 0.1) is 5.60 Å². The number of hydrogen-bond acceptors (Lipinski definition) is 2. The number of rotatable bonds is 3. The molecule has 3 heteroatoms. The number of hydrogen-bond donors (Lipinski definition) is 1. The van der Waals surface area contributed by atoms with Gasteiger partial charge in [0.1, 0.15) is 0 Å². The molecule has 122 valence electrons. The molecule has 1 N–H and O–H groups in total. The molecule has 1 aromatic heterocycles. The monoisotopic (exact) mass is 310 g/mol. The van der Waals surface area contributed by atoms with Crippen molar-refractivity contribution in [3.05, 3.63) is 41.6 Å². The Balaban J connectivity index is 1.90. The Morgan fingerprint density at radius 1 is 1.35 bits per heavy atom. The van der Waals surface area contributed by atoms with Crippen LogP contribution in [0.25, 0.3) is 16.5 Å². The first kappa shape index (κ1) is 15.0. The Labute approximate surface area is 138 Å². The van der Waals surface area contributed by atoms with Crippen LogP contribution >= 0.6 is 0 Å². The van der Waals surface area contributed by atoms with Crippen LogP contribution in [0.5, 0.6) is 0 Å².